The quantitative estimate of drug-likeness (QED) is 0.745. The minimum absolute atomic E-state index is 0.726. The summed E-state index contributed by atoms with van der Waals surface area (Å²) in [5, 5.41) is 4.21. The van der Waals surface area contributed by atoms with Crippen LogP contribution in [0, 0.1) is 11.8 Å². The SMILES string of the molecule is CC1C(Br)CCC1Cc1cnn(C)c1. The molecule has 1 aromatic heterocycles. The lowest BCUT2D eigenvalue weighted by molar-refractivity contribution is 0.423. The molecule has 0 radical (unpaired) electrons. The number of nitrogens with zero attached hydrogens (tertiary/aromatic N) is 2. The third kappa shape index (κ3) is 2.02. The van der Waals surface area contributed by atoms with E-state index in [1.165, 1.54) is 24.8 Å². The zero-order valence-corrected chi connectivity index (χ0v) is 10.4. The predicted molar refractivity (Wildman–Crippen MR) is 61.5 cm³/mol. The van der Waals surface area contributed by atoms with E-state index in [4.69, 9.17) is 0 Å². The third-order valence-corrected chi connectivity index (χ3v) is 4.68. The van der Waals surface area contributed by atoms with Crippen LogP contribution in [0.5, 0.6) is 0 Å². The Morgan fingerprint density at radius 2 is 2.36 bits per heavy atom. The molecule has 2 nitrogen and oxygen atoms in total. The van der Waals surface area contributed by atoms with Crippen molar-refractivity contribution in [3.63, 3.8) is 0 Å². The predicted octanol–water partition coefficient (Wildman–Crippen LogP) is 2.77. The van der Waals surface area contributed by atoms with Crippen molar-refractivity contribution in [1.29, 1.82) is 0 Å². The van der Waals surface area contributed by atoms with Gasteiger partial charge in [-0.25, -0.2) is 0 Å². The van der Waals surface area contributed by atoms with Crippen LogP contribution < -0.4 is 0 Å². The Labute approximate surface area is 93.8 Å². The van der Waals surface area contributed by atoms with Crippen molar-refractivity contribution in [3.05, 3.63) is 18.0 Å². The Balaban J connectivity index is 1.98. The van der Waals surface area contributed by atoms with Gasteiger partial charge in [-0.2, -0.15) is 5.10 Å². The van der Waals surface area contributed by atoms with Crippen LogP contribution in [0.2, 0.25) is 0 Å². The van der Waals surface area contributed by atoms with Gasteiger partial charge >= 0.3 is 0 Å². The van der Waals surface area contributed by atoms with Crippen LogP contribution in [0.25, 0.3) is 0 Å². The molecule has 14 heavy (non-hydrogen) atoms. The van der Waals surface area contributed by atoms with Crippen molar-refractivity contribution in [2.24, 2.45) is 18.9 Å². The topological polar surface area (TPSA) is 17.8 Å². The normalized spacial score (nSPS) is 32.4. The van der Waals surface area contributed by atoms with Crippen LogP contribution in [0.4, 0.5) is 0 Å². The van der Waals surface area contributed by atoms with Crippen molar-refractivity contribution >= 4 is 15.9 Å². The van der Waals surface area contributed by atoms with Gasteiger partial charge in [0.1, 0.15) is 0 Å². The lowest BCUT2D eigenvalue weighted by Gasteiger charge is -2.15. The maximum Gasteiger partial charge on any atom is 0.0521 e. The fraction of sp³-hybridized carbons (Fsp3) is 0.727. The van der Waals surface area contributed by atoms with Gasteiger partial charge in [0, 0.05) is 18.1 Å². The Morgan fingerprint density at radius 1 is 1.57 bits per heavy atom. The summed E-state index contributed by atoms with van der Waals surface area (Å²) in [5.74, 6) is 1.64. The van der Waals surface area contributed by atoms with Gasteiger partial charge in [0.25, 0.3) is 0 Å². The van der Waals surface area contributed by atoms with Crippen molar-refractivity contribution < 1.29 is 0 Å². The molecule has 0 spiro atoms. The van der Waals surface area contributed by atoms with Gasteiger partial charge < -0.3 is 0 Å². The first-order chi connectivity index (χ1) is 6.66. The highest BCUT2D eigenvalue weighted by Gasteiger charge is 2.30. The molecule has 0 aromatic carbocycles. The second-order valence-corrected chi connectivity index (χ2v) is 5.62. The van der Waals surface area contributed by atoms with Crippen molar-refractivity contribution in [3.8, 4) is 0 Å². The molecule has 0 bridgehead atoms. The highest BCUT2D eigenvalue weighted by molar-refractivity contribution is 9.09. The minimum atomic E-state index is 0.726. The van der Waals surface area contributed by atoms with Gasteiger partial charge in [-0.3, -0.25) is 4.68 Å². The van der Waals surface area contributed by atoms with Crippen LogP contribution in [0.3, 0.4) is 0 Å². The van der Waals surface area contributed by atoms with Crippen LogP contribution in [-0.4, -0.2) is 14.6 Å². The standard InChI is InChI=1S/C11H17BrN2/c1-8-10(3-4-11(8)12)5-9-6-13-14(2)7-9/h6-8,10-11H,3-5H2,1-2H3. The van der Waals surface area contributed by atoms with Crippen LogP contribution in [-0.2, 0) is 13.5 Å². The Kier molecular flexibility index (Phi) is 2.96. The number of hydrogen-bond acceptors (Lipinski definition) is 1. The smallest absolute Gasteiger partial charge is 0.0521 e. The molecule has 0 aliphatic heterocycles. The molecule has 1 aliphatic rings. The Bertz CT molecular complexity index is 308. The van der Waals surface area contributed by atoms with Gasteiger partial charge in [0.2, 0.25) is 0 Å². The molecule has 1 aliphatic carbocycles. The summed E-state index contributed by atoms with van der Waals surface area (Å²) in [5.41, 5.74) is 1.38. The van der Waals surface area contributed by atoms with E-state index in [9.17, 15) is 0 Å². The number of aryl methyl sites for hydroxylation is 1. The molecule has 3 heteroatoms. The van der Waals surface area contributed by atoms with E-state index < -0.39 is 0 Å². The van der Waals surface area contributed by atoms with Crippen LogP contribution in [0.1, 0.15) is 25.3 Å². The summed E-state index contributed by atoms with van der Waals surface area (Å²) >= 11 is 3.74. The Hall–Kier alpha value is -0.310. The molecule has 78 valence electrons. The lowest BCUT2D eigenvalue weighted by atomic mass is 9.92. The van der Waals surface area contributed by atoms with Crippen molar-refractivity contribution in [2.75, 3.05) is 0 Å². The van der Waals surface area contributed by atoms with E-state index in [-0.39, 0.29) is 0 Å². The average Bonchev–Trinajstić information content (AvgIpc) is 2.67. The molecule has 3 unspecified atom stereocenters. The molecular formula is C11H17BrN2. The highest BCUT2D eigenvalue weighted by Crippen LogP contribution is 2.38. The molecule has 0 saturated heterocycles. The first-order valence-corrected chi connectivity index (χ1v) is 6.20. The summed E-state index contributed by atoms with van der Waals surface area (Å²) in [7, 11) is 1.98. The van der Waals surface area contributed by atoms with E-state index in [0.717, 1.165) is 16.7 Å². The molecule has 0 N–H and O–H groups in total. The molecule has 1 fully saturated rings. The van der Waals surface area contributed by atoms with E-state index in [1.807, 2.05) is 17.9 Å². The zero-order valence-electron chi connectivity index (χ0n) is 8.78. The minimum Gasteiger partial charge on any atom is -0.276 e. The second-order valence-electron chi connectivity index (χ2n) is 4.44. The molecular weight excluding hydrogens is 240 g/mol. The summed E-state index contributed by atoms with van der Waals surface area (Å²) in [6.07, 6.45) is 8.00. The monoisotopic (exact) mass is 256 g/mol. The number of aromatic nitrogens is 2. The number of alkyl halides is 1. The second kappa shape index (κ2) is 4.05. The van der Waals surface area contributed by atoms with Gasteiger partial charge in [0.15, 0.2) is 0 Å². The maximum atomic E-state index is 4.21. The average molecular weight is 257 g/mol. The summed E-state index contributed by atoms with van der Waals surface area (Å²) in [6.45, 7) is 2.35. The highest BCUT2D eigenvalue weighted by atomic mass is 79.9. The molecule has 1 heterocycles. The number of halogens is 1. The molecule has 1 aromatic rings. The van der Waals surface area contributed by atoms with Crippen LogP contribution >= 0.6 is 15.9 Å². The number of hydrogen-bond donors (Lipinski definition) is 0. The molecule has 2 rings (SSSR count). The van der Waals surface area contributed by atoms with Crippen molar-refractivity contribution in [2.45, 2.75) is 31.0 Å². The number of rotatable bonds is 2. The van der Waals surface area contributed by atoms with E-state index in [2.05, 4.69) is 34.1 Å². The van der Waals surface area contributed by atoms with E-state index >= 15 is 0 Å². The Morgan fingerprint density at radius 3 is 2.86 bits per heavy atom. The fourth-order valence-corrected chi connectivity index (χ4v) is 3.06. The maximum absolute atomic E-state index is 4.21. The van der Waals surface area contributed by atoms with Gasteiger partial charge in [-0.1, -0.05) is 22.9 Å². The first-order valence-electron chi connectivity index (χ1n) is 5.28. The molecule has 1 saturated carbocycles. The fourth-order valence-electron chi connectivity index (χ4n) is 2.36. The van der Waals surface area contributed by atoms with E-state index in [1.54, 1.807) is 0 Å². The van der Waals surface area contributed by atoms with Gasteiger partial charge in [-0.05, 0) is 36.7 Å². The summed E-state index contributed by atoms with van der Waals surface area (Å²) < 4.78 is 1.89. The zero-order chi connectivity index (χ0) is 10.1. The van der Waals surface area contributed by atoms with Gasteiger partial charge in [-0.15, -0.1) is 0 Å². The summed E-state index contributed by atoms with van der Waals surface area (Å²) in [4.78, 5) is 0.726. The van der Waals surface area contributed by atoms with Crippen LogP contribution in [0.15, 0.2) is 12.4 Å². The van der Waals surface area contributed by atoms with Gasteiger partial charge in [0.05, 0.1) is 6.20 Å². The lowest BCUT2D eigenvalue weighted by Crippen LogP contribution is -2.12. The third-order valence-electron chi connectivity index (χ3n) is 3.38. The van der Waals surface area contributed by atoms with Crippen molar-refractivity contribution in [1.82, 2.24) is 9.78 Å². The first kappa shape index (κ1) is 10.2. The largest absolute Gasteiger partial charge is 0.276 e. The van der Waals surface area contributed by atoms with E-state index in [0.29, 0.717) is 0 Å². The molecule has 0 amide bonds. The molecule has 3 atom stereocenters. The summed E-state index contributed by atoms with van der Waals surface area (Å²) in [6, 6.07) is 0.